The lowest BCUT2D eigenvalue weighted by molar-refractivity contribution is 0.00759. The molecule has 1 heterocycles. The molecule has 13 heavy (non-hydrogen) atoms. The predicted molar refractivity (Wildman–Crippen MR) is 50.7 cm³/mol. The summed E-state index contributed by atoms with van der Waals surface area (Å²) >= 11 is 5.68. The summed E-state index contributed by atoms with van der Waals surface area (Å²) in [6, 6.07) is 0. The van der Waals surface area contributed by atoms with Gasteiger partial charge in [0.25, 0.3) is 0 Å². The minimum absolute atomic E-state index is 0.219. The molecular weight excluding hydrogens is 190 g/mol. The topological polar surface area (TPSA) is 39.9 Å². The van der Waals surface area contributed by atoms with Crippen molar-refractivity contribution in [2.24, 2.45) is 0 Å². The van der Waals surface area contributed by atoms with Crippen LogP contribution in [0.1, 0.15) is 19.7 Å². The molecule has 0 unspecified atom stereocenters. The van der Waals surface area contributed by atoms with Gasteiger partial charge in [-0.1, -0.05) is 0 Å². The van der Waals surface area contributed by atoms with Crippen molar-refractivity contribution in [3.8, 4) is 0 Å². The second-order valence-electron chi connectivity index (χ2n) is 3.47. The molecule has 4 nitrogen and oxygen atoms in total. The average molecular weight is 204 g/mol. The third kappa shape index (κ3) is 2.67. The van der Waals surface area contributed by atoms with Crippen molar-refractivity contribution in [1.82, 2.24) is 14.8 Å². The standard InChI is InChI=1S/C8H14ClN3O/c1-8(2,13-3)5-12-6-10-11-7(12)4-9/h6H,4-5H2,1-3H3. The summed E-state index contributed by atoms with van der Waals surface area (Å²) in [7, 11) is 1.69. The van der Waals surface area contributed by atoms with Gasteiger partial charge in [0.2, 0.25) is 0 Å². The number of hydrogen-bond donors (Lipinski definition) is 0. The van der Waals surface area contributed by atoms with Crippen LogP contribution >= 0.6 is 11.6 Å². The van der Waals surface area contributed by atoms with Crippen LogP contribution in [0.2, 0.25) is 0 Å². The maximum absolute atomic E-state index is 5.68. The molecule has 0 amide bonds. The van der Waals surface area contributed by atoms with Crippen LogP contribution in [0.4, 0.5) is 0 Å². The second kappa shape index (κ2) is 4.07. The Morgan fingerprint density at radius 2 is 2.31 bits per heavy atom. The van der Waals surface area contributed by atoms with Crippen LogP contribution < -0.4 is 0 Å². The van der Waals surface area contributed by atoms with Gasteiger partial charge in [-0.25, -0.2) is 0 Å². The molecule has 5 heteroatoms. The van der Waals surface area contributed by atoms with Gasteiger partial charge < -0.3 is 9.30 Å². The van der Waals surface area contributed by atoms with Gasteiger partial charge in [-0.15, -0.1) is 21.8 Å². The highest BCUT2D eigenvalue weighted by Gasteiger charge is 2.18. The third-order valence-electron chi connectivity index (χ3n) is 1.92. The minimum atomic E-state index is -0.219. The van der Waals surface area contributed by atoms with Crippen molar-refractivity contribution >= 4 is 11.6 Å². The summed E-state index contributed by atoms with van der Waals surface area (Å²) < 4.78 is 7.19. The lowest BCUT2D eigenvalue weighted by Crippen LogP contribution is -2.29. The molecule has 1 rings (SSSR count). The molecule has 0 N–H and O–H groups in total. The highest BCUT2D eigenvalue weighted by Crippen LogP contribution is 2.12. The zero-order valence-corrected chi connectivity index (χ0v) is 8.88. The molecule has 0 aliphatic carbocycles. The van der Waals surface area contributed by atoms with Gasteiger partial charge in [-0.3, -0.25) is 0 Å². The molecule has 0 aliphatic heterocycles. The van der Waals surface area contributed by atoms with Crippen molar-refractivity contribution in [1.29, 1.82) is 0 Å². The second-order valence-corrected chi connectivity index (χ2v) is 3.74. The Morgan fingerprint density at radius 1 is 1.62 bits per heavy atom. The largest absolute Gasteiger partial charge is 0.377 e. The highest BCUT2D eigenvalue weighted by molar-refractivity contribution is 6.16. The van der Waals surface area contributed by atoms with Gasteiger partial charge in [0.1, 0.15) is 12.2 Å². The number of ether oxygens (including phenoxy) is 1. The van der Waals surface area contributed by atoms with Gasteiger partial charge in [0.15, 0.2) is 0 Å². The Hall–Kier alpha value is -0.610. The van der Waals surface area contributed by atoms with E-state index < -0.39 is 0 Å². The van der Waals surface area contributed by atoms with Crippen molar-refractivity contribution in [2.45, 2.75) is 31.9 Å². The van der Waals surface area contributed by atoms with Crippen LogP contribution in [0.3, 0.4) is 0 Å². The molecule has 0 fully saturated rings. The lowest BCUT2D eigenvalue weighted by Gasteiger charge is -2.23. The molecule has 74 valence electrons. The highest BCUT2D eigenvalue weighted by atomic mass is 35.5. The van der Waals surface area contributed by atoms with Crippen LogP contribution in [0.15, 0.2) is 6.33 Å². The quantitative estimate of drug-likeness (QED) is 0.696. The Labute approximate surface area is 82.9 Å². The fourth-order valence-electron chi connectivity index (χ4n) is 0.989. The van der Waals surface area contributed by atoms with Crippen molar-refractivity contribution in [3.63, 3.8) is 0 Å². The molecule has 1 aromatic rings. The number of rotatable bonds is 4. The van der Waals surface area contributed by atoms with Gasteiger partial charge in [0.05, 0.1) is 18.0 Å². The average Bonchev–Trinajstić information content (AvgIpc) is 2.51. The van der Waals surface area contributed by atoms with Gasteiger partial charge in [0, 0.05) is 7.11 Å². The summed E-state index contributed by atoms with van der Waals surface area (Å²) in [4.78, 5) is 0. The normalized spacial score (nSPS) is 12.0. The Morgan fingerprint density at radius 3 is 2.85 bits per heavy atom. The summed E-state index contributed by atoms with van der Waals surface area (Å²) in [5.41, 5.74) is -0.219. The van der Waals surface area contributed by atoms with Crippen LogP contribution in [-0.2, 0) is 17.2 Å². The maximum Gasteiger partial charge on any atom is 0.147 e. The molecule has 0 spiro atoms. The lowest BCUT2D eigenvalue weighted by atomic mass is 10.1. The van der Waals surface area contributed by atoms with E-state index in [1.54, 1.807) is 13.4 Å². The molecule has 0 bridgehead atoms. The fourth-order valence-corrected chi connectivity index (χ4v) is 1.20. The first-order valence-electron chi connectivity index (χ1n) is 4.07. The molecule has 0 saturated carbocycles. The first-order valence-corrected chi connectivity index (χ1v) is 4.60. The summed E-state index contributed by atoms with van der Waals surface area (Å²) in [5.74, 6) is 1.14. The van der Waals surface area contributed by atoms with Crippen molar-refractivity contribution < 1.29 is 4.74 Å². The van der Waals surface area contributed by atoms with Crippen LogP contribution in [0.25, 0.3) is 0 Å². The Balaban J connectivity index is 2.73. The van der Waals surface area contributed by atoms with E-state index in [0.717, 1.165) is 5.82 Å². The maximum atomic E-state index is 5.68. The monoisotopic (exact) mass is 203 g/mol. The predicted octanol–water partition coefficient (Wildman–Crippen LogP) is 1.44. The molecule has 0 aliphatic rings. The van der Waals surface area contributed by atoms with E-state index in [4.69, 9.17) is 16.3 Å². The zero-order chi connectivity index (χ0) is 9.90. The van der Waals surface area contributed by atoms with Gasteiger partial charge >= 0.3 is 0 Å². The van der Waals surface area contributed by atoms with E-state index in [1.807, 2.05) is 18.4 Å². The van der Waals surface area contributed by atoms with Crippen LogP contribution in [0, 0.1) is 0 Å². The fraction of sp³-hybridized carbons (Fsp3) is 0.750. The van der Waals surface area contributed by atoms with E-state index >= 15 is 0 Å². The molecule has 0 atom stereocenters. The number of methoxy groups -OCH3 is 1. The Kier molecular flexibility index (Phi) is 3.27. The molecule has 1 aromatic heterocycles. The summed E-state index contributed by atoms with van der Waals surface area (Å²) in [6.45, 7) is 4.72. The first kappa shape index (κ1) is 10.5. The number of alkyl halides is 1. The van der Waals surface area contributed by atoms with Crippen LogP contribution in [-0.4, -0.2) is 27.5 Å². The number of halogens is 1. The number of aromatic nitrogens is 3. The molecule has 0 saturated heterocycles. The van der Waals surface area contributed by atoms with Crippen molar-refractivity contribution in [2.75, 3.05) is 7.11 Å². The SMILES string of the molecule is COC(C)(C)Cn1cnnc1CCl. The van der Waals surface area contributed by atoms with E-state index in [0.29, 0.717) is 12.4 Å². The summed E-state index contributed by atoms with van der Waals surface area (Å²) in [6.07, 6.45) is 1.67. The van der Waals surface area contributed by atoms with E-state index in [2.05, 4.69) is 10.2 Å². The molecule has 0 aromatic carbocycles. The molecule has 0 radical (unpaired) electrons. The van der Waals surface area contributed by atoms with Crippen molar-refractivity contribution in [3.05, 3.63) is 12.2 Å². The number of hydrogen-bond acceptors (Lipinski definition) is 3. The smallest absolute Gasteiger partial charge is 0.147 e. The Bertz CT molecular complexity index is 272. The first-order chi connectivity index (χ1) is 6.09. The molecular formula is C8H14ClN3O. The zero-order valence-electron chi connectivity index (χ0n) is 8.12. The number of nitrogens with zero attached hydrogens (tertiary/aromatic N) is 3. The van der Waals surface area contributed by atoms with Gasteiger partial charge in [-0.2, -0.15) is 0 Å². The van der Waals surface area contributed by atoms with E-state index in [-0.39, 0.29) is 5.60 Å². The van der Waals surface area contributed by atoms with E-state index in [9.17, 15) is 0 Å². The minimum Gasteiger partial charge on any atom is -0.377 e. The van der Waals surface area contributed by atoms with Crippen LogP contribution in [0.5, 0.6) is 0 Å². The van der Waals surface area contributed by atoms with Gasteiger partial charge in [-0.05, 0) is 13.8 Å². The summed E-state index contributed by atoms with van der Waals surface area (Å²) in [5, 5.41) is 7.66. The van der Waals surface area contributed by atoms with E-state index in [1.165, 1.54) is 0 Å². The third-order valence-corrected chi connectivity index (χ3v) is 2.16.